The average Bonchev–Trinajstić information content (AvgIpc) is 3.26. The fraction of sp³-hybridized carbons (Fsp3) is 0.250. The topological polar surface area (TPSA) is 58.2 Å². The molecule has 3 aromatic rings. The van der Waals surface area contributed by atoms with Crippen molar-refractivity contribution in [3.63, 3.8) is 0 Å². The largest absolute Gasteiger partial charge is 0.344 e. The number of amides is 2. The Morgan fingerprint density at radius 1 is 0.967 bits per heavy atom. The van der Waals surface area contributed by atoms with Gasteiger partial charge in [0.05, 0.1) is 11.8 Å². The zero-order valence-electron chi connectivity index (χ0n) is 17.3. The number of hydrogen-bond donors (Lipinski definition) is 2. The molecule has 2 N–H and O–H groups in total. The van der Waals surface area contributed by atoms with Gasteiger partial charge in [0.15, 0.2) is 0 Å². The number of hydrogen-bond acceptors (Lipinski definition) is 4. The SMILES string of the molecule is CC(=O)Nc1ccc(SCC(=O)NC(c2ccc(C(C)C)cc2)c2cccs2)cc1. The summed E-state index contributed by atoms with van der Waals surface area (Å²) in [6.45, 7) is 5.83. The summed E-state index contributed by atoms with van der Waals surface area (Å²) in [5.74, 6) is 0.682. The molecule has 2 amide bonds. The molecular formula is C24H26N2O2S2. The van der Waals surface area contributed by atoms with Crippen LogP contribution >= 0.6 is 23.1 Å². The van der Waals surface area contributed by atoms with Crippen LogP contribution in [0.25, 0.3) is 0 Å². The van der Waals surface area contributed by atoms with Crippen LogP contribution in [0.2, 0.25) is 0 Å². The van der Waals surface area contributed by atoms with Gasteiger partial charge in [0.1, 0.15) is 0 Å². The van der Waals surface area contributed by atoms with Gasteiger partial charge in [0, 0.05) is 22.4 Å². The molecule has 6 heteroatoms. The van der Waals surface area contributed by atoms with Crippen molar-refractivity contribution in [3.8, 4) is 0 Å². The predicted octanol–water partition coefficient (Wildman–Crippen LogP) is 5.83. The van der Waals surface area contributed by atoms with E-state index in [9.17, 15) is 9.59 Å². The van der Waals surface area contributed by atoms with E-state index in [0.29, 0.717) is 11.7 Å². The van der Waals surface area contributed by atoms with Gasteiger partial charge < -0.3 is 10.6 Å². The van der Waals surface area contributed by atoms with Gasteiger partial charge in [0.25, 0.3) is 0 Å². The van der Waals surface area contributed by atoms with Crippen molar-refractivity contribution in [2.75, 3.05) is 11.1 Å². The molecule has 1 atom stereocenters. The highest BCUT2D eigenvalue weighted by molar-refractivity contribution is 8.00. The van der Waals surface area contributed by atoms with Crippen LogP contribution in [0.1, 0.15) is 48.7 Å². The van der Waals surface area contributed by atoms with Crippen LogP contribution < -0.4 is 10.6 Å². The van der Waals surface area contributed by atoms with Crippen LogP contribution in [-0.4, -0.2) is 17.6 Å². The first-order valence-electron chi connectivity index (χ1n) is 9.85. The molecule has 0 bridgehead atoms. The van der Waals surface area contributed by atoms with Gasteiger partial charge in [-0.2, -0.15) is 0 Å². The number of carbonyl (C=O) groups excluding carboxylic acids is 2. The lowest BCUT2D eigenvalue weighted by atomic mass is 9.98. The highest BCUT2D eigenvalue weighted by Crippen LogP contribution is 2.28. The van der Waals surface area contributed by atoms with Gasteiger partial charge in [-0.15, -0.1) is 23.1 Å². The summed E-state index contributed by atoms with van der Waals surface area (Å²) in [4.78, 5) is 25.9. The Balaban J connectivity index is 1.64. The van der Waals surface area contributed by atoms with Crippen molar-refractivity contribution in [2.24, 2.45) is 0 Å². The molecule has 0 aliphatic heterocycles. The summed E-state index contributed by atoms with van der Waals surface area (Å²) >= 11 is 3.12. The van der Waals surface area contributed by atoms with Gasteiger partial charge in [-0.05, 0) is 52.8 Å². The lowest BCUT2D eigenvalue weighted by Crippen LogP contribution is -2.30. The summed E-state index contributed by atoms with van der Waals surface area (Å²) in [5.41, 5.74) is 3.12. The summed E-state index contributed by atoms with van der Waals surface area (Å²) < 4.78 is 0. The number of nitrogens with one attached hydrogen (secondary N) is 2. The fourth-order valence-electron chi connectivity index (χ4n) is 3.04. The molecule has 3 rings (SSSR count). The number of thiophene rings is 1. The predicted molar refractivity (Wildman–Crippen MR) is 126 cm³/mol. The quantitative estimate of drug-likeness (QED) is 0.435. The van der Waals surface area contributed by atoms with Crippen molar-refractivity contribution in [2.45, 2.75) is 37.6 Å². The Bertz CT molecular complexity index is 965. The Labute approximate surface area is 186 Å². The Hall–Kier alpha value is -2.57. The van der Waals surface area contributed by atoms with E-state index in [-0.39, 0.29) is 17.9 Å². The van der Waals surface area contributed by atoms with Crippen molar-refractivity contribution in [3.05, 3.63) is 82.0 Å². The first-order valence-corrected chi connectivity index (χ1v) is 11.7. The Morgan fingerprint density at radius 3 is 2.20 bits per heavy atom. The summed E-state index contributed by atoms with van der Waals surface area (Å²) in [5, 5.41) is 7.96. The smallest absolute Gasteiger partial charge is 0.231 e. The highest BCUT2D eigenvalue weighted by atomic mass is 32.2. The molecule has 1 unspecified atom stereocenters. The highest BCUT2D eigenvalue weighted by Gasteiger charge is 2.18. The summed E-state index contributed by atoms with van der Waals surface area (Å²) in [7, 11) is 0. The van der Waals surface area contributed by atoms with E-state index in [1.54, 1.807) is 11.3 Å². The third kappa shape index (κ3) is 6.21. The molecule has 2 aromatic carbocycles. The molecule has 4 nitrogen and oxygen atoms in total. The molecular weight excluding hydrogens is 412 g/mol. The normalized spacial score (nSPS) is 11.9. The van der Waals surface area contributed by atoms with E-state index in [4.69, 9.17) is 0 Å². The van der Waals surface area contributed by atoms with Gasteiger partial charge in [0.2, 0.25) is 11.8 Å². The molecule has 0 aliphatic rings. The van der Waals surface area contributed by atoms with E-state index >= 15 is 0 Å². The second-order valence-electron chi connectivity index (χ2n) is 7.33. The van der Waals surface area contributed by atoms with E-state index in [2.05, 4.69) is 54.8 Å². The van der Waals surface area contributed by atoms with Gasteiger partial charge in [-0.25, -0.2) is 0 Å². The standard InChI is InChI=1S/C24H26N2O2S2/c1-16(2)18-6-8-19(9-7-18)24(22-5-4-14-29-22)26-23(28)15-30-21-12-10-20(11-13-21)25-17(3)27/h4-14,16,24H,15H2,1-3H3,(H,25,27)(H,26,28). The molecule has 0 saturated carbocycles. The number of rotatable bonds is 8. The molecule has 1 heterocycles. The number of thioether (sulfide) groups is 1. The maximum atomic E-state index is 12.7. The molecule has 0 fully saturated rings. The van der Waals surface area contributed by atoms with Crippen molar-refractivity contribution in [1.29, 1.82) is 0 Å². The first-order chi connectivity index (χ1) is 14.4. The van der Waals surface area contributed by atoms with Crippen molar-refractivity contribution >= 4 is 40.6 Å². The van der Waals surface area contributed by atoms with Crippen molar-refractivity contribution < 1.29 is 9.59 Å². The minimum atomic E-state index is -0.151. The molecule has 30 heavy (non-hydrogen) atoms. The molecule has 0 spiro atoms. The van der Waals surface area contributed by atoms with Crippen LogP contribution in [0, 0.1) is 0 Å². The molecule has 1 aromatic heterocycles. The number of carbonyl (C=O) groups is 2. The van der Waals surface area contributed by atoms with Gasteiger partial charge in [-0.1, -0.05) is 44.2 Å². The third-order valence-electron chi connectivity index (χ3n) is 4.61. The monoisotopic (exact) mass is 438 g/mol. The maximum Gasteiger partial charge on any atom is 0.231 e. The van der Waals surface area contributed by atoms with E-state index in [1.165, 1.54) is 24.2 Å². The molecule has 156 valence electrons. The van der Waals surface area contributed by atoms with Crippen LogP contribution in [-0.2, 0) is 9.59 Å². The van der Waals surface area contributed by atoms with Crippen LogP contribution in [0.4, 0.5) is 5.69 Å². The summed E-state index contributed by atoms with van der Waals surface area (Å²) in [6, 6.07) is 19.9. The van der Waals surface area contributed by atoms with E-state index in [0.717, 1.165) is 21.0 Å². The zero-order valence-corrected chi connectivity index (χ0v) is 19.0. The average molecular weight is 439 g/mol. The second kappa shape index (κ2) is 10.5. The number of anilines is 1. The summed E-state index contributed by atoms with van der Waals surface area (Å²) in [6.07, 6.45) is 0. The lowest BCUT2D eigenvalue weighted by Gasteiger charge is -2.19. The third-order valence-corrected chi connectivity index (χ3v) is 6.56. The van der Waals surface area contributed by atoms with Crippen molar-refractivity contribution in [1.82, 2.24) is 5.32 Å². The van der Waals surface area contributed by atoms with Crippen LogP contribution in [0.15, 0.2) is 70.9 Å². The molecule has 0 saturated heterocycles. The lowest BCUT2D eigenvalue weighted by molar-refractivity contribution is -0.119. The van der Waals surface area contributed by atoms with E-state index < -0.39 is 0 Å². The van der Waals surface area contributed by atoms with Crippen LogP contribution in [0.3, 0.4) is 0 Å². The zero-order chi connectivity index (χ0) is 21.5. The minimum absolute atomic E-state index is 0.0164. The maximum absolute atomic E-state index is 12.7. The second-order valence-corrected chi connectivity index (χ2v) is 9.36. The van der Waals surface area contributed by atoms with Gasteiger partial charge >= 0.3 is 0 Å². The molecule has 0 radical (unpaired) electrons. The Morgan fingerprint density at radius 2 is 1.63 bits per heavy atom. The first kappa shape index (κ1) is 22.1. The Kier molecular flexibility index (Phi) is 7.71. The minimum Gasteiger partial charge on any atom is -0.344 e. The van der Waals surface area contributed by atoms with Crippen LogP contribution in [0.5, 0.6) is 0 Å². The molecule has 0 aliphatic carbocycles. The van der Waals surface area contributed by atoms with Gasteiger partial charge in [-0.3, -0.25) is 9.59 Å². The van der Waals surface area contributed by atoms with E-state index in [1.807, 2.05) is 35.7 Å². The number of benzene rings is 2. The fourth-order valence-corrected chi connectivity index (χ4v) is 4.55.